The summed E-state index contributed by atoms with van der Waals surface area (Å²) in [5.41, 5.74) is 5.85. The van der Waals surface area contributed by atoms with Crippen LogP contribution in [0.3, 0.4) is 0 Å². The fourth-order valence-electron chi connectivity index (χ4n) is 6.83. The lowest BCUT2D eigenvalue weighted by atomic mass is 9.98. The monoisotopic (exact) mass is 733 g/mol. The number of methoxy groups -OCH3 is 1. The summed E-state index contributed by atoms with van der Waals surface area (Å²) in [5.74, 6) is 0.696. The van der Waals surface area contributed by atoms with E-state index in [1.54, 1.807) is 36.2 Å². The summed E-state index contributed by atoms with van der Waals surface area (Å²) in [7, 11) is 11.4. The molecule has 0 aromatic heterocycles. The number of benzene rings is 4. The van der Waals surface area contributed by atoms with Gasteiger partial charge in [-0.25, -0.2) is 0 Å². The number of anilines is 3. The first-order valence-electron chi connectivity index (χ1n) is 18.8. The maximum Gasteiger partial charge on any atom is 0.258 e. The van der Waals surface area contributed by atoms with Gasteiger partial charge in [-0.15, -0.1) is 0 Å². The Bertz CT molecular complexity index is 1900. The van der Waals surface area contributed by atoms with Gasteiger partial charge >= 0.3 is 0 Å². The van der Waals surface area contributed by atoms with Crippen LogP contribution in [0.1, 0.15) is 64.8 Å². The Balaban J connectivity index is 1.18. The van der Waals surface area contributed by atoms with Crippen molar-refractivity contribution in [3.05, 3.63) is 102 Å². The molecule has 0 radical (unpaired) electrons. The Labute approximate surface area is 320 Å². The number of hydrogen-bond acceptors (Lipinski definition) is 7. The lowest BCUT2D eigenvalue weighted by Crippen LogP contribution is -2.44. The summed E-state index contributed by atoms with van der Waals surface area (Å²) in [6.45, 7) is 4.14. The number of unbranched alkanes of at least 4 members (excludes halogenated alkanes) is 2. The molecule has 0 spiro atoms. The molecule has 1 heterocycles. The van der Waals surface area contributed by atoms with Gasteiger partial charge in [0.25, 0.3) is 11.8 Å². The molecule has 3 amide bonds. The van der Waals surface area contributed by atoms with Crippen LogP contribution in [0, 0.1) is 6.92 Å². The number of piperidine rings is 1. The number of aryl methyl sites for hydroxylation is 1. The number of hydrogen-bond donors (Lipinski definition) is 1. The van der Waals surface area contributed by atoms with Gasteiger partial charge < -0.3 is 34.4 Å². The second-order valence-electron chi connectivity index (χ2n) is 14.4. The molecular formula is C44H55N5O5. The standard InChI is InChI=1S/C44H55N5O5/c1-31-16-23-39(41(29-31)54-28-12-8-9-15-42(50)49-26-24-35(25-27-49)47(4)5)48(6)44(52)33-19-22-38(40(30-33)53-7)45-43(51)37-14-11-10-13-36(37)32-17-20-34(21-18-32)46(2)3/h10-11,13-14,16-23,29-30,35H,8-9,12,15,24-28H2,1-7H3,(H,45,51). The summed E-state index contributed by atoms with van der Waals surface area (Å²) >= 11 is 0. The number of carbonyl (C=O) groups is 3. The van der Waals surface area contributed by atoms with Gasteiger partial charge in [-0.3, -0.25) is 14.4 Å². The minimum atomic E-state index is -0.287. The van der Waals surface area contributed by atoms with Crippen LogP contribution < -0.4 is 24.6 Å². The predicted octanol–water partition coefficient (Wildman–Crippen LogP) is 7.76. The van der Waals surface area contributed by atoms with Crippen LogP contribution in [0.5, 0.6) is 11.5 Å². The third kappa shape index (κ3) is 9.99. The van der Waals surface area contributed by atoms with E-state index in [1.165, 1.54) is 7.11 Å². The first-order chi connectivity index (χ1) is 26.0. The van der Waals surface area contributed by atoms with Crippen LogP contribution in [-0.4, -0.2) is 95.6 Å². The molecule has 10 heteroatoms. The number of nitrogens with one attached hydrogen (secondary N) is 1. The van der Waals surface area contributed by atoms with Crippen molar-refractivity contribution >= 4 is 34.8 Å². The van der Waals surface area contributed by atoms with E-state index in [0.717, 1.165) is 67.6 Å². The van der Waals surface area contributed by atoms with Gasteiger partial charge in [-0.05, 0) is 118 Å². The van der Waals surface area contributed by atoms with Crippen LogP contribution in [-0.2, 0) is 4.79 Å². The maximum atomic E-state index is 13.8. The molecule has 0 saturated carbocycles. The minimum Gasteiger partial charge on any atom is -0.495 e. The Morgan fingerprint density at radius 1 is 0.815 bits per heavy atom. The van der Waals surface area contributed by atoms with Crippen molar-refractivity contribution in [2.45, 2.75) is 51.5 Å². The Hall–Kier alpha value is -5.35. The molecule has 0 bridgehead atoms. The zero-order valence-corrected chi connectivity index (χ0v) is 32.9. The molecule has 10 nitrogen and oxygen atoms in total. The van der Waals surface area contributed by atoms with Crippen molar-refractivity contribution in [2.75, 3.05) is 77.2 Å². The van der Waals surface area contributed by atoms with Gasteiger partial charge in [-0.2, -0.15) is 0 Å². The summed E-state index contributed by atoms with van der Waals surface area (Å²) < 4.78 is 11.9. The molecule has 0 aliphatic carbocycles. The fraction of sp³-hybridized carbons (Fsp3) is 0.386. The molecule has 0 atom stereocenters. The smallest absolute Gasteiger partial charge is 0.258 e. The fourth-order valence-corrected chi connectivity index (χ4v) is 6.83. The largest absolute Gasteiger partial charge is 0.495 e. The number of rotatable bonds is 15. The number of likely N-dealkylation sites (tertiary alicyclic amines) is 1. The van der Waals surface area contributed by atoms with Gasteiger partial charge in [0.05, 0.1) is 25.1 Å². The Morgan fingerprint density at radius 3 is 2.22 bits per heavy atom. The molecule has 4 aromatic rings. The lowest BCUT2D eigenvalue weighted by molar-refractivity contribution is -0.132. The number of amides is 3. The minimum absolute atomic E-state index is 0.244. The van der Waals surface area contributed by atoms with Crippen LogP contribution in [0.4, 0.5) is 17.1 Å². The van der Waals surface area contributed by atoms with Crippen LogP contribution in [0.2, 0.25) is 0 Å². The molecule has 0 unspecified atom stereocenters. The van der Waals surface area contributed by atoms with Gasteiger partial charge in [0.2, 0.25) is 5.91 Å². The van der Waals surface area contributed by atoms with E-state index in [2.05, 4.69) is 24.3 Å². The van der Waals surface area contributed by atoms with Gasteiger partial charge in [-0.1, -0.05) is 36.4 Å². The molecular weight excluding hydrogens is 679 g/mol. The van der Waals surface area contributed by atoms with Crippen molar-refractivity contribution in [1.29, 1.82) is 0 Å². The van der Waals surface area contributed by atoms with Crippen LogP contribution in [0.25, 0.3) is 11.1 Å². The molecule has 5 rings (SSSR count). The van der Waals surface area contributed by atoms with Gasteiger partial charge in [0.15, 0.2) is 0 Å². The van der Waals surface area contributed by atoms with E-state index >= 15 is 0 Å². The first-order valence-corrected chi connectivity index (χ1v) is 18.8. The summed E-state index contributed by atoms with van der Waals surface area (Å²) in [6.07, 6.45) is 5.13. The first kappa shape index (κ1) is 39.8. The number of carbonyl (C=O) groups excluding carboxylic acids is 3. The SMILES string of the molecule is COc1cc(C(=O)N(C)c2ccc(C)cc2OCCCCCC(=O)N2CCC(N(C)C)CC2)ccc1NC(=O)c1ccccc1-c1ccc(N(C)C)cc1. The van der Waals surface area contributed by atoms with E-state index in [0.29, 0.717) is 53.1 Å². The summed E-state index contributed by atoms with van der Waals surface area (Å²) in [6, 6.07) is 26.9. The van der Waals surface area contributed by atoms with E-state index < -0.39 is 0 Å². The summed E-state index contributed by atoms with van der Waals surface area (Å²) in [4.78, 5) is 48.0. The summed E-state index contributed by atoms with van der Waals surface area (Å²) in [5, 5.41) is 2.99. The highest BCUT2D eigenvalue weighted by Crippen LogP contribution is 2.33. The third-order valence-corrected chi connectivity index (χ3v) is 10.2. The van der Waals surface area contributed by atoms with Crippen molar-refractivity contribution in [2.24, 2.45) is 0 Å². The van der Waals surface area contributed by atoms with E-state index in [-0.39, 0.29) is 17.7 Å². The molecule has 54 heavy (non-hydrogen) atoms. The van der Waals surface area contributed by atoms with Crippen LogP contribution >= 0.6 is 0 Å². The molecule has 286 valence electrons. The topological polar surface area (TPSA) is 94.7 Å². The quantitative estimate of drug-likeness (QED) is 0.125. The third-order valence-electron chi connectivity index (χ3n) is 10.2. The number of nitrogens with zero attached hydrogens (tertiary/aromatic N) is 4. The second-order valence-corrected chi connectivity index (χ2v) is 14.4. The molecule has 1 aliphatic heterocycles. The highest BCUT2D eigenvalue weighted by molar-refractivity contribution is 6.10. The maximum absolute atomic E-state index is 13.8. The average molecular weight is 734 g/mol. The second kappa shape index (κ2) is 18.6. The zero-order chi connectivity index (χ0) is 38.8. The van der Waals surface area contributed by atoms with Crippen molar-refractivity contribution in [3.63, 3.8) is 0 Å². The van der Waals surface area contributed by atoms with Gasteiger partial charge in [0, 0.05) is 63.5 Å². The Kier molecular flexibility index (Phi) is 13.7. The highest BCUT2D eigenvalue weighted by atomic mass is 16.5. The molecule has 1 fully saturated rings. The van der Waals surface area contributed by atoms with Crippen molar-refractivity contribution < 1.29 is 23.9 Å². The highest BCUT2D eigenvalue weighted by Gasteiger charge is 2.24. The van der Waals surface area contributed by atoms with E-state index in [1.807, 2.05) is 91.5 Å². The lowest BCUT2D eigenvalue weighted by Gasteiger charge is -2.35. The number of ether oxygens (including phenoxy) is 2. The molecule has 1 N–H and O–H groups in total. The van der Waals surface area contributed by atoms with Crippen molar-refractivity contribution in [3.8, 4) is 22.6 Å². The molecule has 1 saturated heterocycles. The normalized spacial score (nSPS) is 13.1. The van der Waals surface area contributed by atoms with Gasteiger partial charge in [0.1, 0.15) is 11.5 Å². The van der Waals surface area contributed by atoms with E-state index in [9.17, 15) is 14.4 Å². The van der Waals surface area contributed by atoms with E-state index in [4.69, 9.17) is 9.47 Å². The predicted molar refractivity (Wildman–Crippen MR) is 218 cm³/mol. The zero-order valence-electron chi connectivity index (χ0n) is 32.9. The average Bonchev–Trinajstić information content (AvgIpc) is 3.18. The van der Waals surface area contributed by atoms with Crippen LogP contribution in [0.15, 0.2) is 84.9 Å². The van der Waals surface area contributed by atoms with Crippen molar-refractivity contribution in [1.82, 2.24) is 9.80 Å². The molecule has 1 aliphatic rings. The molecule has 4 aromatic carbocycles. The Morgan fingerprint density at radius 2 is 1.54 bits per heavy atom.